The number of amides is 2. The number of nitrogens with one attached hydrogen (secondary N) is 2. The van der Waals surface area contributed by atoms with E-state index in [0.717, 1.165) is 34.4 Å². The van der Waals surface area contributed by atoms with Gasteiger partial charge in [-0.1, -0.05) is 60.2 Å². The molecule has 0 aliphatic carbocycles. The smallest absolute Gasteiger partial charge is 0.255 e. The van der Waals surface area contributed by atoms with E-state index in [1.807, 2.05) is 44.2 Å². The quantitative estimate of drug-likeness (QED) is 0.579. The molecule has 0 bridgehead atoms. The second-order valence-corrected chi connectivity index (χ2v) is 7.68. The van der Waals surface area contributed by atoms with Crippen molar-refractivity contribution in [2.75, 3.05) is 5.32 Å². The first kappa shape index (κ1) is 21.3. The van der Waals surface area contributed by atoms with Gasteiger partial charge in [0, 0.05) is 24.2 Å². The lowest BCUT2D eigenvalue weighted by molar-refractivity contribution is -0.121. The summed E-state index contributed by atoms with van der Waals surface area (Å²) in [5.74, 6) is -0.117. The maximum Gasteiger partial charge on any atom is 0.255 e. The summed E-state index contributed by atoms with van der Waals surface area (Å²) >= 11 is 0. The van der Waals surface area contributed by atoms with Crippen LogP contribution < -0.4 is 10.6 Å². The van der Waals surface area contributed by atoms with Crippen LogP contribution in [0.15, 0.2) is 66.7 Å². The topological polar surface area (TPSA) is 58.2 Å². The van der Waals surface area contributed by atoms with Gasteiger partial charge in [-0.05, 0) is 61.6 Å². The van der Waals surface area contributed by atoms with Crippen molar-refractivity contribution in [1.29, 1.82) is 0 Å². The fraction of sp³-hybridized carbons (Fsp3) is 0.231. The average Bonchev–Trinajstić information content (AvgIpc) is 2.75. The Morgan fingerprint density at radius 2 is 1.37 bits per heavy atom. The van der Waals surface area contributed by atoms with Crippen LogP contribution in [0.2, 0.25) is 0 Å². The second kappa shape index (κ2) is 9.88. The minimum absolute atomic E-state index is 0.0208. The number of benzene rings is 3. The number of aryl methyl sites for hydroxylation is 4. The molecule has 0 aromatic heterocycles. The van der Waals surface area contributed by atoms with E-state index in [-0.39, 0.29) is 11.8 Å². The molecule has 2 N–H and O–H groups in total. The van der Waals surface area contributed by atoms with Crippen LogP contribution in [0.25, 0.3) is 0 Å². The standard InChI is InChI=1S/C26H28N2O2/c1-18-7-9-21(10-8-18)13-16-24(29)27-17-22-11-14-23(15-12-22)26(30)28-25-19(2)5-4-6-20(25)3/h4-12,14-15H,13,16-17H2,1-3H3,(H,27,29)(H,28,30). The molecule has 0 unspecified atom stereocenters. The van der Waals surface area contributed by atoms with Gasteiger partial charge in [-0.15, -0.1) is 0 Å². The SMILES string of the molecule is Cc1ccc(CCC(=O)NCc2ccc(C(=O)Nc3c(C)cccc3C)cc2)cc1. The normalized spacial score (nSPS) is 10.5. The van der Waals surface area contributed by atoms with Crippen molar-refractivity contribution < 1.29 is 9.59 Å². The van der Waals surface area contributed by atoms with Crippen LogP contribution in [-0.4, -0.2) is 11.8 Å². The fourth-order valence-electron chi connectivity index (χ4n) is 3.27. The summed E-state index contributed by atoms with van der Waals surface area (Å²) in [6.45, 7) is 6.46. The van der Waals surface area contributed by atoms with Crippen LogP contribution >= 0.6 is 0 Å². The number of carbonyl (C=O) groups excluding carboxylic acids is 2. The zero-order chi connectivity index (χ0) is 21.5. The predicted octanol–water partition coefficient (Wildman–Crippen LogP) is 5.11. The van der Waals surface area contributed by atoms with E-state index in [2.05, 4.69) is 41.8 Å². The lowest BCUT2D eigenvalue weighted by Crippen LogP contribution is -2.23. The van der Waals surface area contributed by atoms with Gasteiger partial charge in [0.25, 0.3) is 5.91 Å². The molecule has 4 nitrogen and oxygen atoms in total. The van der Waals surface area contributed by atoms with E-state index in [9.17, 15) is 9.59 Å². The summed E-state index contributed by atoms with van der Waals surface area (Å²) in [5.41, 5.74) is 6.85. The highest BCUT2D eigenvalue weighted by atomic mass is 16.2. The Bertz CT molecular complexity index is 1000. The molecule has 3 aromatic rings. The van der Waals surface area contributed by atoms with Crippen molar-refractivity contribution in [3.8, 4) is 0 Å². The van der Waals surface area contributed by atoms with Gasteiger partial charge < -0.3 is 10.6 Å². The third-order valence-corrected chi connectivity index (χ3v) is 5.19. The molecule has 0 fully saturated rings. The van der Waals surface area contributed by atoms with E-state index in [4.69, 9.17) is 0 Å². The molecule has 2 amide bonds. The van der Waals surface area contributed by atoms with Gasteiger partial charge in [-0.25, -0.2) is 0 Å². The molecule has 0 radical (unpaired) electrons. The van der Waals surface area contributed by atoms with E-state index in [1.54, 1.807) is 12.1 Å². The molecule has 0 atom stereocenters. The molecule has 154 valence electrons. The summed E-state index contributed by atoms with van der Waals surface area (Å²) in [5, 5.41) is 5.94. The number of carbonyl (C=O) groups is 2. The van der Waals surface area contributed by atoms with Gasteiger partial charge in [0.15, 0.2) is 0 Å². The number of rotatable bonds is 7. The van der Waals surface area contributed by atoms with Crippen LogP contribution in [0.3, 0.4) is 0 Å². The van der Waals surface area contributed by atoms with Crippen LogP contribution in [-0.2, 0) is 17.8 Å². The zero-order valence-corrected chi connectivity index (χ0v) is 17.8. The van der Waals surface area contributed by atoms with Crippen molar-refractivity contribution in [2.24, 2.45) is 0 Å². The Morgan fingerprint density at radius 3 is 2.00 bits per heavy atom. The lowest BCUT2D eigenvalue weighted by atomic mass is 10.1. The first-order chi connectivity index (χ1) is 14.4. The van der Waals surface area contributed by atoms with Gasteiger partial charge in [-0.3, -0.25) is 9.59 Å². The summed E-state index contributed by atoms with van der Waals surface area (Å²) in [6, 6.07) is 21.5. The molecular weight excluding hydrogens is 372 g/mol. The molecule has 0 saturated heterocycles. The maximum atomic E-state index is 12.6. The largest absolute Gasteiger partial charge is 0.352 e. The summed E-state index contributed by atoms with van der Waals surface area (Å²) in [7, 11) is 0. The molecule has 4 heteroatoms. The first-order valence-electron chi connectivity index (χ1n) is 10.2. The van der Waals surface area contributed by atoms with E-state index >= 15 is 0 Å². The van der Waals surface area contributed by atoms with Gasteiger partial charge in [0.05, 0.1) is 0 Å². The molecular formula is C26H28N2O2. The lowest BCUT2D eigenvalue weighted by Gasteiger charge is -2.12. The number of hydrogen-bond donors (Lipinski definition) is 2. The van der Waals surface area contributed by atoms with Crippen LogP contribution in [0.1, 0.15) is 44.6 Å². The maximum absolute atomic E-state index is 12.6. The van der Waals surface area contributed by atoms with Crippen LogP contribution in [0.5, 0.6) is 0 Å². The predicted molar refractivity (Wildman–Crippen MR) is 122 cm³/mol. The van der Waals surface area contributed by atoms with Gasteiger partial charge >= 0.3 is 0 Å². The number of hydrogen-bond acceptors (Lipinski definition) is 2. The third-order valence-electron chi connectivity index (χ3n) is 5.19. The first-order valence-corrected chi connectivity index (χ1v) is 10.2. The molecule has 0 aliphatic rings. The molecule has 3 aromatic carbocycles. The van der Waals surface area contributed by atoms with Crippen molar-refractivity contribution in [1.82, 2.24) is 5.32 Å². The van der Waals surface area contributed by atoms with Crippen molar-refractivity contribution in [3.05, 3.63) is 100 Å². The molecule has 3 rings (SSSR count). The van der Waals surface area contributed by atoms with Gasteiger partial charge in [-0.2, -0.15) is 0 Å². The summed E-state index contributed by atoms with van der Waals surface area (Å²) < 4.78 is 0. The Labute approximate surface area is 178 Å². The van der Waals surface area contributed by atoms with E-state index < -0.39 is 0 Å². The summed E-state index contributed by atoms with van der Waals surface area (Å²) in [4.78, 5) is 24.7. The minimum Gasteiger partial charge on any atom is -0.352 e. The number of para-hydroxylation sites is 1. The molecule has 0 spiro atoms. The Balaban J connectivity index is 1.49. The minimum atomic E-state index is -0.138. The van der Waals surface area contributed by atoms with Crippen LogP contribution in [0.4, 0.5) is 5.69 Å². The van der Waals surface area contributed by atoms with E-state index in [0.29, 0.717) is 18.5 Å². The van der Waals surface area contributed by atoms with Crippen molar-refractivity contribution in [3.63, 3.8) is 0 Å². The number of anilines is 1. The average molecular weight is 401 g/mol. The monoisotopic (exact) mass is 400 g/mol. The highest BCUT2D eigenvalue weighted by molar-refractivity contribution is 6.05. The van der Waals surface area contributed by atoms with E-state index in [1.165, 1.54) is 5.56 Å². The zero-order valence-electron chi connectivity index (χ0n) is 17.8. The fourth-order valence-corrected chi connectivity index (χ4v) is 3.27. The highest BCUT2D eigenvalue weighted by Gasteiger charge is 2.10. The van der Waals surface area contributed by atoms with Crippen molar-refractivity contribution >= 4 is 17.5 Å². The highest BCUT2D eigenvalue weighted by Crippen LogP contribution is 2.20. The third kappa shape index (κ3) is 5.80. The second-order valence-electron chi connectivity index (χ2n) is 7.68. The molecule has 30 heavy (non-hydrogen) atoms. The molecule has 0 aliphatic heterocycles. The van der Waals surface area contributed by atoms with Crippen LogP contribution in [0, 0.1) is 20.8 Å². The van der Waals surface area contributed by atoms with Gasteiger partial charge in [0.1, 0.15) is 0 Å². The Morgan fingerprint density at radius 1 is 0.767 bits per heavy atom. The molecule has 0 saturated carbocycles. The van der Waals surface area contributed by atoms with Crippen molar-refractivity contribution in [2.45, 2.75) is 40.2 Å². The Kier molecular flexibility index (Phi) is 7.02. The Hall–Kier alpha value is -3.40. The summed E-state index contributed by atoms with van der Waals surface area (Å²) in [6.07, 6.45) is 1.18. The van der Waals surface area contributed by atoms with Gasteiger partial charge in [0.2, 0.25) is 5.91 Å². The molecule has 0 heterocycles.